The third-order valence-corrected chi connectivity index (χ3v) is 5.56. The molecule has 0 aliphatic heterocycles. The Bertz CT molecular complexity index is 840. The quantitative estimate of drug-likeness (QED) is 0.310. The van der Waals surface area contributed by atoms with Gasteiger partial charge >= 0.3 is 6.18 Å². The second-order valence-electron chi connectivity index (χ2n) is 5.40. The zero-order chi connectivity index (χ0) is 20.0. The number of rotatable bonds is 6. The van der Waals surface area contributed by atoms with Gasteiger partial charge in [-0.05, 0) is 47.6 Å². The number of halogens is 3. The molecule has 0 aromatic heterocycles. The van der Waals surface area contributed by atoms with E-state index in [4.69, 9.17) is 29.1 Å². The molecule has 27 heavy (non-hydrogen) atoms. The van der Waals surface area contributed by atoms with Crippen LogP contribution in [0.1, 0.15) is 16.7 Å². The average Bonchev–Trinajstić information content (AvgIpc) is 2.59. The number of benzene rings is 2. The molecule has 0 amide bonds. The summed E-state index contributed by atoms with van der Waals surface area (Å²) in [5.74, 6) is 0.500. The molecule has 0 fully saturated rings. The molecule has 0 aliphatic rings. The van der Waals surface area contributed by atoms with Crippen molar-refractivity contribution in [3.05, 3.63) is 59.2 Å². The largest absolute Gasteiger partial charge is 0.416 e. The Morgan fingerprint density at radius 3 is 2.37 bits per heavy atom. The number of hydrogen-bond acceptors (Lipinski definition) is 4. The highest BCUT2D eigenvalue weighted by atomic mass is 32.2. The molecular formula is C17H17F3N4S3. The lowest BCUT2D eigenvalue weighted by Crippen LogP contribution is -2.28. The summed E-state index contributed by atoms with van der Waals surface area (Å²) in [5.41, 5.74) is 11.5. The van der Waals surface area contributed by atoms with Gasteiger partial charge in [-0.15, -0.1) is 0 Å². The molecule has 0 aliphatic carbocycles. The highest BCUT2D eigenvalue weighted by Gasteiger charge is 2.31. The van der Waals surface area contributed by atoms with Crippen LogP contribution in [0.4, 0.5) is 13.2 Å². The van der Waals surface area contributed by atoms with E-state index in [0.717, 1.165) is 22.6 Å². The van der Waals surface area contributed by atoms with Crippen LogP contribution < -0.4 is 16.8 Å². The molecule has 0 saturated carbocycles. The maximum Gasteiger partial charge on any atom is 0.416 e. The Balaban J connectivity index is 2.34. The summed E-state index contributed by atoms with van der Waals surface area (Å²) in [6.07, 6.45) is -4.43. The van der Waals surface area contributed by atoms with Crippen LogP contribution in [0.3, 0.4) is 0 Å². The summed E-state index contributed by atoms with van der Waals surface area (Å²) >= 11 is 7.29. The molecule has 4 nitrogen and oxygen atoms in total. The molecule has 0 radical (unpaired) electrons. The highest BCUT2D eigenvalue weighted by Crippen LogP contribution is 2.37. The van der Waals surface area contributed by atoms with E-state index in [1.165, 1.54) is 29.6 Å². The Labute approximate surface area is 168 Å². The van der Waals surface area contributed by atoms with Gasteiger partial charge < -0.3 is 16.8 Å². The van der Waals surface area contributed by atoms with Gasteiger partial charge in [-0.2, -0.15) is 13.2 Å². The predicted octanol–water partition coefficient (Wildman–Crippen LogP) is 4.32. The van der Waals surface area contributed by atoms with E-state index < -0.39 is 11.7 Å². The van der Waals surface area contributed by atoms with Crippen LogP contribution in [0.15, 0.2) is 52.3 Å². The number of thiocarbonyl (C=S) groups is 1. The SMILES string of the molecule is N=C(N)SCc1ccccc1Sc1ccc(C(F)(F)F)cc1CNC(N)=S. The molecule has 0 atom stereocenters. The summed E-state index contributed by atoms with van der Waals surface area (Å²) in [5, 5.41) is 10.1. The smallest absolute Gasteiger partial charge is 0.379 e. The lowest BCUT2D eigenvalue weighted by atomic mass is 10.1. The second-order valence-corrected chi connectivity index (χ2v) is 7.94. The van der Waals surface area contributed by atoms with E-state index >= 15 is 0 Å². The van der Waals surface area contributed by atoms with Gasteiger partial charge in [-0.3, -0.25) is 5.41 Å². The van der Waals surface area contributed by atoms with E-state index in [-0.39, 0.29) is 16.8 Å². The van der Waals surface area contributed by atoms with Crippen molar-refractivity contribution in [2.45, 2.75) is 28.3 Å². The average molecular weight is 431 g/mol. The van der Waals surface area contributed by atoms with E-state index in [2.05, 4.69) is 5.32 Å². The highest BCUT2D eigenvalue weighted by molar-refractivity contribution is 8.13. The summed E-state index contributed by atoms with van der Waals surface area (Å²) in [4.78, 5) is 1.54. The minimum Gasteiger partial charge on any atom is -0.379 e. The van der Waals surface area contributed by atoms with Crippen LogP contribution in [0.25, 0.3) is 0 Å². The minimum atomic E-state index is -4.43. The summed E-state index contributed by atoms with van der Waals surface area (Å²) in [7, 11) is 0. The summed E-state index contributed by atoms with van der Waals surface area (Å²) in [6.45, 7) is 0.0892. The van der Waals surface area contributed by atoms with Crippen molar-refractivity contribution in [3.63, 3.8) is 0 Å². The van der Waals surface area contributed by atoms with Crippen molar-refractivity contribution < 1.29 is 13.2 Å². The van der Waals surface area contributed by atoms with E-state index in [1.807, 2.05) is 24.3 Å². The van der Waals surface area contributed by atoms with Gasteiger partial charge in [0.25, 0.3) is 0 Å². The monoisotopic (exact) mass is 430 g/mol. The molecular weight excluding hydrogens is 413 g/mol. The van der Waals surface area contributed by atoms with Crippen molar-refractivity contribution in [2.75, 3.05) is 0 Å². The van der Waals surface area contributed by atoms with Gasteiger partial charge in [-0.25, -0.2) is 0 Å². The van der Waals surface area contributed by atoms with Gasteiger partial charge in [0, 0.05) is 22.1 Å². The first kappa shape index (κ1) is 21.4. The third kappa shape index (κ3) is 6.64. The maximum absolute atomic E-state index is 13.1. The molecule has 6 N–H and O–H groups in total. The standard InChI is InChI=1S/C17H17F3N4S3/c18-17(19,20)12-5-6-14(11(7-12)8-24-16(23)25)27-13-4-2-1-3-10(13)9-26-15(21)22/h1-7H,8-9H2,(H3,21,22)(H3,23,24,25). The van der Waals surface area contributed by atoms with E-state index in [0.29, 0.717) is 16.2 Å². The first-order chi connectivity index (χ1) is 12.7. The molecule has 144 valence electrons. The van der Waals surface area contributed by atoms with Crippen LogP contribution in [0.5, 0.6) is 0 Å². The molecule has 0 heterocycles. The van der Waals surface area contributed by atoms with Crippen LogP contribution >= 0.6 is 35.7 Å². The number of alkyl halides is 3. The topological polar surface area (TPSA) is 87.9 Å². The van der Waals surface area contributed by atoms with Crippen molar-refractivity contribution in [1.29, 1.82) is 5.41 Å². The van der Waals surface area contributed by atoms with Gasteiger partial charge in [-0.1, -0.05) is 41.7 Å². The van der Waals surface area contributed by atoms with Crippen molar-refractivity contribution >= 4 is 46.0 Å². The van der Waals surface area contributed by atoms with E-state index in [1.54, 1.807) is 0 Å². The van der Waals surface area contributed by atoms with Gasteiger partial charge in [0.15, 0.2) is 10.3 Å². The molecule has 0 saturated heterocycles. The summed E-state index contributed by atoms with van der Waals surface area (Å²) in [6, 6.07) is 11.1. The Hall–Kier alpha value is -1.91. The van der Waals surface area contributed by atoms with Gasteiger partial charge in [0.1, 0.15) is 0 Å². The Kier molecular flexibility index (Phi) is 7.40. The zero-order valence-corrected chi connectivity index (χ0v) is 16.4. The van der Waals surface area contributed by atoms with Crippen molar-refractivity contribution in [1.82, 2.24) is 5.32 Å². The molecule has 2 aromatic carbocycles. The number of thioether (sulfide) groups is 1. The molecule has 2 aromatic rings. The number of amidine groups is 1. The lowest BCUT2D eigenvalue weighted by Gasteiger charge is -2.15. The fourth-order valence-corrected chi connectivity index (χ4v) is 3.95. The zero-order valence-electron chi connectivity index (χ0n) is 14.0. The van der Waals surface area contributed by atoms with Crippen LogP contribution in [-0.4, -0.2) is 10.3 Å². The molecule has 2 rings (SSSR count). The lowest BCUT2D eigenvalue weighted by molar-refractivity contribution is -0.137. The minimum absolute atomic E-state index is 0.00526. The first-order valence-corrected chi connectivity index (χ1v) is 9.84. The van der Waals surface area contributed by atoms with Gasteiger partial charge in [0.05, 0.1) is 5.56 Å². The first-order valence-electron chi connectivity index (χ1n) is 7.63. The van der Waals surface area contributed by atoms with Crippen LogP contribution in [0.2, 0.25) is 0 Å². The normalized spacial score (nSPS) is 11.2. The van der Waals surface area contributed by atoms with Crippen molar-refractivity contribution in [2.24, 2.45) is 11.5 Å². The Morgan fingerprint density at radius 1 is 1.07 bits per heavy atom. The number of nitrogens with one attached hydrogen (secondary N) is 2. The number of hydrogen-bond donors (Lipinski definition) is 4. The van der Waals surface area contributed by atoms with Crippen LogP contribution in [0, 0.1) is 5.41 Å². The maximum atomic E-state index is 13.1. The van der Waals surface area contributed by atoms with E-state index in [9.17, 15) is 13.2 Å². The fraction of sp³-hybridized carbons (Fsp3) is 0.176. The number of nitrogens with two attached hydrogens (primary N) is 2. The van der Waals surface area contributed by atoms with Crippen molar-refractivity contribution in [3.8, 4) is 0 Å². The third-order valence-electron chi connectivity index (χ3n) is 3.42. The molecule has 0 unspecified atom stereocenters. The van der Waals surface area contributed by atoms with Crippen LogP contribution in [-0.2, 0) is 18.5 Å². The summed E-state index contributed by atoms with van der Waals surface area (Å²) < 4.78 is 39.2. The predicted molar refractivity (Wildman–Crippen MR) is 109 cm³/mol. The molecule has 0 spiro atoms. The van der Waals surface area contributed by atoms with Gasteiger partial charge in [0.2, 0.25) is 0 Å². The second kappa shape index (κ2) is 9.34. The fourth-order valence-electron chi connectivity index (χ4n) is 2.17. The molecule has 10 heteroatoms. The Morgan fingerprint density at radius 2 is 1.74 bits per heavy atom. The molecule has 0 bridgehead atoms.